The molecule has 0 radical (unpaired) electrons. The first-order valence-electron chi connectivity index (χ1n) is 15.3. The summed E-state index contributed by atoms with van der Waals surface area (Å²) in [5.74, 6) is 0. The normalized spacial score (nSPS) is 18.9. The van der Waals surface area contributed by atoms with Crippen molar-refractivity contribution >= 4 is 258 Å². The van der Waals surface area contributed by atoms with Crippen molar-refractivity contribution in [2.45, 2.75) is 56.7 Å². The van der Waals surface area contributed by atoms with Crippen LogP contribution in [0.15, 0.2) is 43.1 Å². The maximum atomic E-state index is 6.05. The molecule has 54 heavy (non-hydrogen) atoms. The summed E-state index contributed by atoms with van der Waals surface area (Å²) in [7, 11) is 7.69. The summed E-state index contributed by atoms with van der Waals surface area (Å²) in [6.45, 7) is 3.50. The molecule has 0 bridgehead atoms. The Morgan fingerprint density at radius 1 is 0.648 bits per heavy atom. The van der Waals surface area contributed by atoms with Crippen molar-refractivity contribution in [1.29, 1.82) is 0 Å². The molecule has 6 heterocycles. The summed E-state index contributed by atoms with van der Waals surface area (Å²) in [6, 6.07) is 5.42. The quantitative estimate of drug-likeness (QED) is 0.192. The Bertz CT molecular complexity index is 1420. The van der Waals surface area contributed by atoms with Crippen LogP contribution in [0.1, 0.15) is 73.3 Å². The molecule has 3 aromatic rings. The van der Waals surface area contributed by atoms with Crippen LogP contribution in [0.3, 0.4) is 0 Å². The second-order valence-corrected chi connectivity index (χ2v) is 72.9. The SMILES string of the molecule is CN1CCC[C@H]1c1cnc(Cl)c(Cl)c1.CN1CCC[C@H]1c1cncc(Cl)c1.CN1CCC[C@H]1c1cncc(Cl)c1I.Cl.II.[I][V]([I])[I].[I][V][I].[I][V][I]. The molecule has 0 unspecified atom stereocenters. The summed E-state index contributed by atoms with van der Waals surface area (Å²) < 4.78 is 1.15. The van der Waals surface area contributed by atoms with Crippen molar-refractivity contribution in [3.8, 4) is 0 Å². The molecule has 0 N–H and O–H groups in total. The molecule has 0 aliphatic carbocycles. The van der Waals surface area contributed by atoms with Gasteiger partial charge in [-0.15, -0.1) is 12.4 Å². The van der Waals surface area contributed by atoms with Crippen molar-refractivity contribution < 1.29 is 23.9 Å². The van der Waals surface area contributed by atoms with Crippen LogP contribution in [0.5, 0.6) is 0 Å². The number of rotatable bonds is 3. The van der Waals surface area contributed by atoms with Gasteiger partial charge in [-0.3, -0.25) is 24.7 Å². The average molecular weight is 2080 g/mol. The third-order valence-corrected chi connectivity index (χ3v) is 10.8. The molecule has 0 spiro atoms. The van der Waals surface area contributed by atoms with E-state index in [1.165, 1.54) is 68.3 Å². The number of likely N-dealkylation sites (tertiary alicyclic amines) is 3. The predicted octanol–water partition coefficient (Wildman–Crippen LogP) is 17.1. The number of halogens is 15. The van der Waals surface area contributed by atoms with Crippen molar-refractivity contribution in [1.82, 2.24) is 29.7 Å². The van der Waals surface area contributed by atoms with E-state index in [1.54, 1.807) is 12.4 Å². The molecule has 6 nitrogen and oxygen atoms in total. The van der Waals surface area contributed by atoms with Gasteiger partial charge in [-0.25, -0.2) is 4.98 Å². The van der Waals surface area contributed by atoms with Crippen molar-refractivity contribution in [3.63, 3.8) is 0 Å². The van der Waals surface area contributed by atoms with Gasteiger partial charge in [0.15, 0.2) is 0 Å². The Kier molecular flexibility index (Phi) is 47.3. The van der Waals surface area contributed by atoms with Crippen LogP contribution in [0, 0.1) is 3.57 Å². The molecule has 3 aliphatic heterocycles. The van der Waals surface area contributed by atoms with Crippen LogP contribution in [-0.2, 0) is 23.9 Å². The zero-order valence-electron chi connectivity index (χ0n) is 28.9. The number of pyridine rings is 3. The fourth-order valence-corrected chi connectivity index (χ4v) is 7.13. The summed E-state index contributed by atoms with van der Waals surface area (Å²) in [5.41, 5.74) is 3.69. The second-order valence-electron chi connectivity index (χ2n) is 11.2. The summed E-state index contributed by atoms with van der Waals surface area (Å²) in [5, 5.41) is 2.43. The number of aromatic nitrogens is 3. The zero-order valence-corrected chi connectivity index (χ0v) is 58.5. The van der Waals surface area contributed by atoms with Gasteiger partial charge in [0.1, 0.15) is 5.15 Å². The number of hydrogen-bond donors (Lipinski definition) is 0. The van der Waals surface area contributed by atoms with Gasteiger partial charge in [0.25, 0.3) is 0 Å². The van der Waals surface area contributed by atoms with E-state index in [4.69, 9.17) is 46.4 Å². The zero-order chi connectivity index (χ0) is 40.5. The number of hydrogen-bond acceptors (Lipinski definition) is 6. The Morgan fingerprint density at radius 3 is 1.44 bits per heavy atom. The van der Waals surface area contributed by atoms with Gasteiger partial charge in [0.2, 0.25) is 0 Å². The van der Waals surface area contributed by atoms with E-state index >= 15 is 0 Å². The first-order valence-corrected chi connectivity index (χ1v) is 55.7. The van der Waals surface area contributed by atoms with Gasteiger partial charge < -0.3 is 0 Å². The Morgan fingerprint density at radius 2 is 1.06 bits per heavy atom. The molecule has 3 aromatic heterocycles. The average Bonchev–Trinajstić information content (AvgIpc) is 3.87. The molecule has 6 rings (SSSR count). The van der Waals surface area contributed by atoms with Crippen LogP contribution in [0.25, 0.3) is 0 Å². The van der Waals surface area contributed by atoms with Gasteiger partial charge in [-0.1, -0.05) is 46.4 Å². The predicted molar refractivity (Wildman–Crippen MR) is 313 cm³/mol. The minimum atomic E-state index is -0.278. The molecule has 24 heteroatoms. The molecule has 0 saturated carbocycles. The van der Waals surface area contributed by atoms with Crippen LogP contribution in [0.2, 0.25) is 20.2 Å². The maximum absolute atomic E-state index is 6.05. The molecule has 3 saturated heterocycles. The topological polar surface area (TPSA) is 48.4 Å². The first kappa shape index (κ1) is 63.9. The molecule has 308 valence electrons. The fraction of sp³-hybridized carbons (Fsp3) is 0.500. The van der Waals surface area contributed by atoms with E-state index in [0.29, 0.717) is 47.2 Å². The van der Waals surface area contributed by atoms with Crippen LogP contribution < -0.4 is 0 Å². The third-order valence-electron chi connectivity index (χ3n) is 8.10. The minimum absolute atomic E-state index is 0. The van der Waals surface area contributed by atoms with Gasteiger partial charge in [-0.2, -0.15) is 0 Å². The molecule has 3 fully saturated rings. The van der Waals surface area contributed by atoms with E-state index in [2.05, 4.69) is 250 Å². The molecular weight excluding hydrogens is 2040 g/mol. The molecule has 0 amide bonds. The third kappa shape index (κ3) is 27.5. The Labute approximate surface area is 481 Å². The molecule has 3 atom stereocenters. The van der Waals surface area contributed by atoms with E-state index in [1.807, 2.05) is 30.7 Å². The molecular formula is C30H38Cl5I10N6V3. The summed E-state index contributed by atoms with van der Waals surface area (Å²) in [6.07, 6.45) is 16.5. The second kappa shape index (κ2) is 40.0. The van der Waals surface area contributed by atoms with Crippen molar-refractivity contribution in [3.05, 3.63) is 83.6 Å². The van der Waals surface area contributed by atoms with Crippen LogP contribution >= 0.6 is 258 Å². The van der Waals surface area contributed by atoms with Crippen LogP contribution in [-0.4, -0.2) is 70.4 Å². The van der Waals surface area contributed by atoms with Crippen molar-refractivity contribution in [2.75, 3.05) is 40.8 Å². The van der Waals surface area contributed by atoms with Gasteiger partial charge >= 0.3 is 164 Å². The van der Waals surface area contributed by atoms with E-state index < -0.39 is 0 Å². The van der Waals surface area contributed by atoms with E-state index in [0.717, 1.165) is 20.2 Å². The molecule has 3 aliphatic rings. The summed E-state index contributed by atoms with van der Waals surface area (Å²) >= 11 is 47.0. The van der Waals surface area contributed by atoms with E-state index in [-0.39, 0.29) is 17.3 Å². The van der Waals surface area contributed by atoms with Crippen LogP contribution in [0.4, 0.5) is 0 Å². The monoisotopic (exact) mass is 2080 g/mol. The van der Waals surface area contributed by atoms with E-state index in [9.17, 15) is 0 Å². The van der Waals surface area contributed by atoms with Crippen molar-refractivity contribution in [2.24, 2.45) is 0 Å². The standard InChI is InChI=1S/C10H12Cl2N2.C10H12ClIN2.C10H13ClN2.ClH.I2.7HI.3V/c1-14-4-2-3-9(14)7-5-8(11)10(12)13-6-7;1-14-4-2-3-9(14)7-5-13-6-8(11)10(7)12;1-13-4-2-3-10(13)8-5-9(11)7-12-6-8;;1-2;;;;;;;;;;/h2*5-6,9H,2-4H2,1H3;5-7,10H,2-4H2,1H3;1H;;7*1H;;;/q;;;;;;;;;;;;2*+2;+3/p-7/t2*9-;10-;;;;;;;;;;;;/m000............/s1. The first-order chi connectivity index (χ1) is 25.2. The Balaban J connectivity index is 0. The van der Waals surface area contributed by atoms with Gasteiger partial charge in [-0.05, 0) is 125 Å². The van der Waals surface area contributed by atoms with Gasteiger partial charge in [0.05, 0.1) is 15.1 Å². The van der Waals surface area contributed by atoms with Gasteiger partial charge in [0, 0.05) is 95.5 Å². The summed E-state index contributed by atoms with van der Waals surface area (Å²) in [4.78, 5) is 19.1. The fourth-order valence-electron chi connectivity index (χ4n) is 5.86. The molecule has 0 aromatic carbocycles. The Hall–Kier alpha value is 7.83. The number of nitrogens with zero attached hydrogens (tertiary/aromatic N) is 6.